The molecule has 0 saturated carbocycles. The minimum Gasteiger partial charge on any atom is -0.543 e. The number of hydrogen-bond donors (Lipinski definition) is 1. The first kappa shape index (κ1) is 9.83. The Morgan fingerprint density at radius 1 is 1.70 bits per heavy atom. The van der Waals surface area contributed by atoms with Crippen molar-refractivity contribution >= 4 is 21.9 Å². The minimum atomic E-state index is -1.19. The summed E-state index contributed by atoms with van der Waals surface area (Å²) in [5.41, 5.74) is 0.0851. The predicted molar refractivity (Wildman–Crippen MR) is 32.8 cm³/mol. The second kappa shape index (κ2) is 3.87. The van der Waals surface area contributed by atoms with Crippen LogP contribution in [0.2, 0.25) is 0 Å². The van der Waals surface area contributed by atoms with E-state index in [1.54, 1.807) is 0 Å². The van der Waals surface area contributed by atoms with Gasteiger partial charge in [0.15, 0.2) is 0 Å². The van der Waals surface area contributed by atoms with Crippen LogP contribution in [-0.2, 0) is 0 Å². The summed E-state index contributed by atoms with van der Waals surface area (Å²) in [5, 5.41) is 10.1. The van der Waals surface area contributed by atoms with Gasteiger partial charge in [0.2, 0.25) is 0 Å². The number of rotatable bonds is 1. The van der Waals surface area contributed by atoms with Gasteiger partial charge in [-0.2, -0.15) is 0 Å². The molecule has 0 unspecified atom stereocenters. The first-order valence-corrected chi connectivity index (χ1v) is 3.04. The van der Waals surface area contributed by atoms with Gasteiger partial charge in [-0.15, -0.1) is 0 Å². The summed E-state index contributed by atoms with van der Waals surface area (Å²) >= 11 is 3.08. The Morgan fingerprint density at radius 3 is 2.50 bits per heavy atom. The molecule has 0 atom stereocenters. The first-order chi connectivity index (χ1) is 4.20. The number of aromatic nitrogens is 1. The maximum atomic E-state index is 10.1. The molecule has 0 radical (unpaired) electrons. The van der Waals surface area contributed by atoms with Crippen LogP contribution >= 0.6 is 15.9 Å². The van der Waals surface area contributed by atoms with Gasteiger partial charge in [-0.3, -0.25) is 0 Å². The molecule has 0 saturated heterocycles. The van der Waals surface area contributed by atoms with E-state index in [4.69, 9.17) is 0 Å². The average molecular weight is 196 g/mol. The van der Waals surface area contributed by atoms with Crippen molar-refractivity contribution in [3.8, 4) is 0 Å². The molecule has 5 heteroatoms. The van der Waals surface area contributed by atoms with E-state index in [0.29, 0.717) is 4.47 Å². The van der Waals surface area contributed by atoms with Crippen LogP contribution in [0.4, 0.5) is 0 Å². The fourth-order valence-electron chi connectivity index (χ4n) is 0.486. The molecule has 0 aliphatic rings. The predicted octanol–water partition coefficient (Wildman–Crippen LogP) is -2.86. The molecule has 1 N–H and O–H groups in total. The fraction of sp³-hybridized carbons (Fsp3) is 0. The monoisotopic (exact) mass is 195 g/mol. The molecule has 0 fully saturated rings. The third-order valence-corrected chi connectivity index (χ3v) is 1.33. The van der Waals surface area contributed by atoms with Gasteiger partial charge < -0.3 is 14.9 Å². The quantitative estimate of drug-likeness (QED) is 0.491. The largest absolute Gasteiger partial charge is 1.00 e. The summed E-state index contributed by atoms with van der Waals surface area (Å²) in [7, 11) is 0. The van der Waals surface area contributed by atoms with Crippen molar-refractivity contribution in [2.24, 2.45) is 0 Å². The Balaban J connectivity index is 0.000000810. The average Bonchev–Trinajstić information content (AvgIpc) is 2.14. The maximum Gasteiger partial charge on any atom is 1.00 e. The van der Waals surface area contributed by atoms with Crippen LogP contribution in [0.5, 0.6) is 0 Å². The molecule has 0 bridgehead atoms. The number of halogens is 1. The van der Waals surface area contributed by atoms with Crippen LogP contribution in [0.3, 0.4) is 0 Å². The summed E-state index contributed by atoms with van der Waals surface area (Å²) in [4.78, 5) is 12.5. The summed E-state index contributed by atoms with van der Waals surface area (Å²) in [6, 6.07) is 1.44. The molecule has 0 aromatic carbocycles. The molecule has 48 valence electrons. The zero-order valence-corrected chi connectivity index (χ0v) is 6.94. The number of nitrogens with one attached hydrogen (secondary N) is 1. The van der Waals surface area contributed by atoms with Crippen molar-refractivity contribution in [2.45, 2.75) is 0 Å². The number of hydrogen-bond acceptors (Lipinski definition) is 2. The van der Waals surface area contributed by atoms with Crippen LogP contribution in [0.15, 0.2) is 16.7 Å². The maximum absolute atomic E-state index is 10.1. The van der Waals surface area contributed by atoms with Crippen LogP contribution in [0, 0.1) is 0 Å². The molecular weight excluding hydrogens is 193 g/mol. The standard InChI is InChI=1S/C5H4BrNO2.Li/c6-3-1-4(5(8)9)7-2-3;/h1-2,7H,(H,8,9);/q;+1/p-1. The molecule has 1 heterocycles. The SMILES string of the molecule is O=C([O-])c1cc(Br)c[nH]1.[Li+]. The van der Waals surface area contributed by atoms with Crippen molar-refractivity contribution in [1.82, 2.24) is 4.98 Å². The topological polar surface area (TPSA) is 55.9 Å². The van der Waals surface area contributed by atoms with E-state index < -0.39 is 5.97 Å². The summed E-state index contributed by atoms with van der Waals surface area (Å²) in [6.07, 6.45) is 1.53. The molecule has 1 aromatic rings. The number of carbonyl (C=O) groups excluding carboxylic acids is 1. The Morgan fingerprint density at radius 2 is 2.30 bits per heavy atom. The van der Waals surface area contributed by atoms with Gasteiger partial charge in [0.1, 0.15) is 0 Å². The Labute approximate surface area is 78.1 Å². The van der Waals surface area contributed by atoms with Crippen molar-refractivity contribution in [1.29, 1.82) is 0 Å². The van der Waals surface area contributed by atoms with E-state index in [9.17, 15) is 9.90 Å². The third-order valence-electron chi connectivity index (χ3n) is 0.868. The normalized spacial score (nSPS) is 8.50. The van der Waals surface area contributed by atoms with Gasteiger partial charge in [0.05, 0.1) is 11.7 Å². The van der Waals surface area contributed by atoms with Crippen LogP contribution < -0.4 is 24.0 Å². The summed E-state index contributed by atoms with van der Waals surface area (Å²) in [6.45, 7) is 0. The van der Waals surface area contributed by atoms with E-state index in [1.807, 2.05) is 0 Å². The second-order valence-electron chi connectivity index (χ2n) is 1.52. The fourth-order valence-corrected chi connectivity index (χ4v) is 0.829. The van der Waals surface area contributed by atoms with E-state index in [0.717, 1.165) is 0 Å². The van der Waals surface area contributed by atoms with E-state index >= 15 is 0 Å². The van der Waals surface area contributed by atoms with Gasteiger partial charge >= 0.3 is 18.9 Å². The zero-order valence-electron chi connectivity index (χ0n) is 5.35. The summed E-state index contributed by atoms with van der Waals surface area (Å²) < 4.78 is 0.710. The van der Waals surface area contributed by atoms with E-state index in [1.165, 1.54) is 12.3 Å². The number of carboxylic acids is 1. The Bertz CT molecular complexity index is 235. The van der Waals surface area contributed by atoms with Gasteiger partial charge in [-0.1, -0.05) is 0 Å². The molecule has 0 spiro atoms. The van der Waals surface area contributed by atoms with E-state index in [-0.39, 0.29) is 24.6 Å². The third kappa shape index (κ3) is 2.22. The van der Waals surface area contributed by atoms with Crippen LogP contribution in [0.25, 0.3) is 0 Å². The number of carbonyl (C=O) groups is 1. The molecular formula is C5H3BrLiNO2. The number of aromatic amines is 1. The first-order valence-electron chi connectivity index (χ1n) is 2.25. The van der Waals surface area contributed by atoms with Gasteiger partial charge in [0, 0.05) is 10.7 Å². The summed E-state index contributed by atoms with van der Waals surface area (Å²) in [5.74, 6) is -1.19. The van der Waals surface area contributed by atoms with Crippen LogP contribution in [-0.4, -0.2) is 11.0 Å². The van der Waals surface area contributed by atoms with Gasteiger partial charge in [-0.05, 0) is 22.0 Å². The second-order valence-corrected chi connectivity index (χ2v) is 2.43. The van der Waals surface area contributed by atoms with Gasteiger partial charge in [-0.25, -0.2) is 0 Å². The Hall–Kier alpha value is -0.173. The van der Waals surface area contributed by atoms with Crippen molar-refractivity contribution in [3.05, 3.63) is 22.4 Å². The number of carboxylic acid groups (broad SMARTS) is 1. The minimum absolute atomic E-state index is 0. The van der Waals surface area contributed by atoms with Crippen LogP contribution in [0.1, 0.15) is 10.5 Å². The number of H-pyrrole nitrogens is 1. The zero-order chi connectivity index (χ0) is 6.85. The van der Waals surface area contributed by atoms with Crippen molar-refractivity contribution < 1.29 is 28.8 Å². The van der Waals surface area contributed by atoms with E-state index in [2.05, 4.69) is 20.9 Å². The smallest absolute Gasteiger partial charge is 0.543 e. The Kier molecular flexibility index (Phi) is 3.80. The van der Waals surface area contributed by atoms with Crippen molar-refractivity contribution in [3.63, 3.8) is 0 Å². The molecule has 3 nitrogen and oxygen atoms in total. The molecule has 0 aliphatic heterocycles. The number of aromatic carboxylic acids is 1. The van der Waals surface area contributed by atoms with Gasteiger partial charge in [0.25, 0.3) is 0 Å². The molecule has 0 amide bonds. The van der Waals surface area contributed by atoms with Crippen molar-refractivity contribution in [2.75, 3.05) is 0 Å². The molecule has 0 aliphatic carbocycles. The molecule has 1 aromatic heterocycles. The molecule has 10 heavy (non-hydrogen) atoms. The molecule has 1 rings (SSSR count).